The van der Waals surface area contributed by atoms with Crippen molar-refractivity contribution in [3.05, 3.63) is 28.8 Å². The Labute approximate surface area is 114 Å². The van der Waals surface area contributed by atoms with Gasteiger partial charge >= 0.3 is 0 Å². The van der Waals surface area contributed by atoms with Gasteiger partial charge in [0, 0.05) is 29.7 Å². The van der Waals surface area contributed by atoms with E-state index in [9.17, 15) is 0 Å². The van der Waals surface area contributed by atoms with Gasteiger partial charge in [-0.05, 0) is 37.9 Å². The van der Waals surface area contributed by atoms with Crippen LogP contribution in [0.1, 0.15) is 18.9 Å². The van der Waals surface area contributed by atoms with Crippen molar-refractivity contribution in [2.45, 2.75) is 25.9 Å². The fourth-order valence-corrected chi connectivity index (χ4v) is 2.77. The van der Waals surface area contributed by atoms with E-state index >= 15 is 0 Å². The van der Waals surface area contributed by atoms with Gasteiger partial charge in [-0.15, -0.1) is 0 Å². The van der Waals surface area contributed by atoms with Crippen LogP contribution in [0.25, 0.3) is 0 Å². The van der Waals surface area contributed by atoms with Crippen molar-refractivity contribution in [1.29, 1.82) is 0 Å². The maximum absolute atomic E-state index is 6.25. The third kappa shape index (κ3) is 2.97. The zero-order chi connectivity index (χ0) is 13.1. The highest BCUT2D eigenvalue weighted by atomic mass is 35.5. The van der Waals surface area contributed by atoms with Crippen LogP contribution >= 0.6 is 11.6 Å². The first-order valence-electron chi connectivity index (χ1n) is 6.41. The molecule has 1 aliphatic rings. The quantitative estimate of drug-likeness (QED) is 0.912. The van der Waals surface area contributed by atoms with Crippen molar-refractivity contribution in [3.8, 4) is 5.75 Å². The molecule has 1 saturated heterocycles. The van der Waals surface area contributed by atoms with Crippen LogP contribution in [-0.4, -0.2) is 31.1 Å². The number of methoxy groups -OCH3 is 1. The first kappa shape index (κ1) is 13.7. The minimum atomic E-state index is 0.267. The number of nitrogens with two attached hydrogens (primary N) is 1. The summed E-state index contributed by atoms with van der Waals surface area (Å²) in [5, 5.41) is 0.776. The van der Waals surface area contributed by atoms with Crippen molar-refractivity contribution in [1.82, 2.24) is 4.90 Å². The van der Waals surface area contributed by atoms with Gasteiger partial charge in [0.2, 0.25) is 0 Å². The van der Waals surface area contributed by atoms with Crippen LogP contribution in [-0.2, 0) is 6.54 Å². The highest BCUT2D eigenvalue weighted by molar-refractivity contribution is 6.31. The molecule has 1 aromatic carbocycles. The lowest BCUT2D eigenvalue weighted by Crippen LogP contribution is -2.29. The van der Waals surface area contributed by atoms with Crippen molar-refractivity contribution < 1.29 is 4.74 Å². The molecule has 2 atom stereocenters. The summed E-state index contributed by atoms with van der Waals surface area (Å²) in [6.07, 6.45) is 1.17. The Morgan fingerprint density at radius 2 is 2.33 bits per heavy atom. The molecule has 0 radical (unpaired) electrons. The molecule has 1 aromatic rings. The molecule has 2 unspecified atom stereocenters. The molecule has 0 aliphatic carbocycles. The maximum Gasteiger partial charge on any atom is 0.124 e. The van der Waals surface area contributed by atoms with Crippen LogP contribution in [0.5, 0.6) is 5.75 Å². The van der Waals surface area contributed by atoms with E-state index in [0.29, 0.717) is 5.92 Å². The van der Waals surface area contributed by atoms with Gasteiger partial charge in [0.25, 0.3) is 0 Å². The predicted octanol–water partition coefficient (Wildman–Crippen LogP) is 2.52. The number of nitrogens with zero attached hydrogens (tertiary/aromatic N) is 1. The van der Waals surface area contributed by atoms with E-state index in [1.165, 1.54) is 6.42 Å². The second-order valence-electron chi connectivity index (χ2n) is 5.06. The van der Waals surface area contributed by atoms with E-state index in [1.54, 1.807) is 7.11 Å². The number of benzene rings is 1. The summed E-state index contributed by atoms with van der Waals surface area (Å²) >= 11 is 6.25. The van der Waals surface area contributed by atoms with Crippen molar-refractivity contribution in [2.75, 3.05) is 20.2 Å². The lowest BCUT2D eigenvalue weighted by atomic mass is 10.0. The second-order valence-corrected chi connectivity index (χ2v) is 5.47. The highest BCUT2D eigenvalue weighted by Crippen LogP contribution is 2.29. The van der Waals surface area contributed by atoms with Crippen LogP contribution in [0.15, 0.2) is 18.2 Å². The molecule has 0 bridgehead atoms. The summed E-state index contributed by atoms with van der Waals surface area (Å²) in [6, 6.07) is 6.06. The van der Waals surface area contributed by atoms with Crippen LogP contribution in [0, 0.1) is 5.92 Å². The van der Waals surface area contributed by atoms with Crippen LogP contribution in [0.2, 0.25) is 5.02 Å². The Kier molecular flexibility index (Phi) is 4.49. The van der Waals surface area contributed by atoms with Crippen LogP contribution in [0.3, 0.4) is 0 Å². The third-order valence-corrected chi connectivity index (χ3v) is 4.08. The molecule has 0 aromatic heterocycles. The number of likely N-dealkylation sites (tertiary alicyclic amines) is 1. The Hall–Kier alpha value is -0.770. The molecular weight excluding hydrogens is 248 g/mol. The topological polar surface area (TPSA) is 38.5 Å². The van der Waals surface area contributed by atoms with Crippen LogP contribution < -0.4 is 10.5 Å². The molecule has 2 rings (SSSR count). The van der Waals surface area contributed by atoms with Crippen LogP contribution in [0.4, 0.5) is 0 Å². The summed E-state index contributed by atoms with van der Waals surface area (Å²) < 4.78 is 5.37. The van der Waals surface area contributed by atoms with Gasteiger partial charge in [-0.3, -0.25) is 4.90 Å². The fraction of sp³-hybridized carbons (Fsp3) is 0.571. The summed E-state index contributed by atoms with van der Waals surface area (Å²) in [4.78, 5) is 2.40. The van der Waals surface area contributed by atoms with E-state index in [2.05, 4.69) is 11.8 Å². The number of hydrogen-bond donors (Lipinski definition) is 1. The van der Waals surface area contributed by atoms with Gasteiger partial charge in [0.1, 0.15) is 5.75 Å². The molecule has 18 heavy (non-hydrogen) atoms. The van der Waals surface area contributed by atoms with Crippen molar-refractivity contribution in [2.24, 2.45) is 11.7 Å². The maximum atomic E-state index is 6.25. The first-order valence-corrected chi connectivity index (χ1v) is 6.79. The van der Waals surface area contributed by atoms with Gasteiger partial charge in [-0.25, -0.2) is 0 Å². The van der Waals surface area contributed by atoms with E-state index in [4.69, 9.17) is 22.1 Å². The Bertz CT molecular complexity index is 409. The minimum absolute atomic E-state index is 0.267. The fourth-order valence-electron chi connectivity index (χ4n) is 2.54. The molecule has 1 fully saturated rings. The number of rotatable bonds is 4. The number of hydrogen-bond acceptors (Lipinski definition) is 3. The zero-order valence-corrected chi connectivity index (χ0v) is 11.8. The van der Waals surface area contributed by atoms with Crippen molar-refractivity contribution in [3.63, 3.8) is 0 Å². The van der Waals surface area contributed by atoms with E-state index in [1.807, 2.05) is 18.2 Å². The summed E-state index contributed by atoms with van der Waals surface area (Å²) in [5.74, 6) is 1.46. The molecule has 4 heteroatoms. The number of halogens is 1. The Balaban J connectivity index is 2.06. The van der Waals surface area contributed by atoms with Gasteiger partial charge in [0.05, 0.1) is 7.11 Å². The Morgan fingerprint density at radius 3 is 2.94 bits per heavy atom. The molecule has 0 spiro atoms. The first-order chi connectivity index (χ1) is 8.61. The van der Waals surface area contributed by atoms with Gasteiger partial charge in [0.15, 0.2) is 0 Å². The SMILES string of the molecule is COc1cccc(Cl)c1CN1CCC(C(C)N)C1. The monoisotopic (exact) mass is 268 g/mol. The van der Waals surface area contributed by atoms with Gasteiger partial charge in [-0.1, -0.05) is 17.7 Å². The molecule has 1 aliphatic heterocycles. The minimum Gasteiger partial charge on any atom is -0.496 e. The molecule has 1 heterocycles. The zero-order valence-electron chi connectivity index (χ0n) is 11.0. The third-order valence-electron chi connectivity index (χ3n) is 3.73. The lowest BCUT2D eigenvalue weighted by molar-refractivity contribution is 0.301. The second kappa shape index (κ2) is 5.91. The summed E-state index contributed by atoms with van der Waals surface area (Å²) in [7, 11) is 1.68. The van der Waals surface area contributed by atoms with E-state index in [0.717, 1.165) is 36.0 Å². The average molecular weight is 269 g/mol. The lowest BCUT2D eigenvalue weighted by Gasteiger charge is -2.20. The molecule has 100 valence electrons. The molecule has 3 nitrogen and oxygen atoms in total. The molecule has 0 amide bonds. The highest BCUT2D eigenvalue weighted by Gasteiger charge is 2.26. The largest absolute Gasteiger partial charge is 0.496 e. The summed E-state index contributed by atoms with van der Waals surface area (Å²) in [5.41, 5.74) is 7.04. The normalized spacial score (nSPS) is 22.1. The molecule has 2 N–H and O–H groups in total. The van der Waals surface area contributed by atoms with E-state index in [-0.39, 0.29) is 6.04 Å². The molecule has 0 saturated carbocycles. The average Bonchev–Trinajstić information content (AvgIpc) is 2.80. The molecular formula is C14H21ClN2O. The van der Waals surface area contributed by atoms with Crippen molar-refractivity contribution >= 4 is 11.6 Å². The smallest absolute Gasteiger partial charge is 0.124 e. The summed E-state index contributed by atoms with van der Waals surface area (Å²) in [6.45, 7) is 5.06. The standard InChI is InChI=1S/C14H21ClN2O/c1-10(16)11-6-7-17(8-11)9-12-13(15)4-3-5-14(12)18-2/h3-5,10-11H,6-9,16H2,1-2H3. The van der Waals surface area contributed by atoms with Gasteiger partial charge < -0.3 is 10.5 Å². The van der Waals surface area contributed by atoms with E-state index < -0.39 is 0 Å². The predicted molar refractivity (Wildman–Crippen MR) is 75.0 cm³/mol. The van der Waals surface area contributed by atoms with Gasteiger partial charge in [-0.2, -0.15) is 0 Å². The number of ether oxygens (including phenoxy) is 1. The Morgan fingerprint density at radius 1 is 1.56 bits per heavy atom.